The molecule has 0 fully saturated rings. The van der Waals surface area contributed by atoms with E-state index in [2.05, 4.69) is 0 Å². The van der Waals surface area contributed by atoms with E-state index >= 15 is 0 Å². The second-order valence-electron chi connectivity index (χ2n) is 4.35. The topological polar surface area (TPSA) is 59.0 Å². The van der Waals surface area contributed by atoms with E-state index in [0.29, 0.717) is 24.7 Å². The molecule has 0 aliphatic carbocycles. The lowest BCUT2D eigenvalue weighted by Gasteiger charge is -2.23. The lowest BCUT2D eigenvalue weighted by atomic mass is 10.1. The van der Waals surface area contributed by atoms with E-state index in [1.807, 2.05) is 0 Å². The average Bonchev–Trinajstić information content (AvgIpc) is 2.45. The van der Waals surface area contributed by atoms with Gasteiger partial charge in [0, 0.05) is 12.1 Å². The summed E-state index contributed by atoms with van der Waals surface area (Å²) < 4.78 is 35.6. The van der Waals surface area contributed by atoms with Crippen LogP contribution in [0.2, 0.25) is 5.02 Å². The van der Waals surface area contributed by atoms with Crippen molar-refractivity contribution >= 4 is 17.5 Å². The molecule has 0 aromatic heterocycles. The molecule has 5 nitrogen and oxygen atoms in total. The van der Waals surface area contributed by atoms with Crippen LogP contribution in [0.3, 0.4) is 0 Å². The number of alkyl halides is 2. The number of hydrogen-bond donors (Lipinski definition) is 1. The number of carbonyl (C=O) groups excluding carboxylic acids is 1. The number of ether oxygens (including phenoxy) is 2. The highest BCUT2D eigenvalue weighted by molar-refractivity contribution is 6.32. The first-order valence-corrected chi connectivity index (χ1v) is 6.68. The van der Waals surface area contributed by atoms with Crippen LogP contribution in [0.25, 0.3) is 0 Å². The summed E-state index contributed by atoms with van der Waals surface area (Å²) >= 11 is 6.01. The number of rotatable bonds is 5. The summed E-state index contributed by atoms with van der Waals surface area (Å²) in [5.41, 5.74) is 0.110. The molecule has 2 rings (SSSR count). The van der Waals surface area contributed by atoms with Crippen LogP contribution in [-0.4, -0.2) is 55.2 Å². The van der Waals surface area contributed by atoms with E-state index in [4.69, 9.17) is 26.2 Å². The molecular weight excluding hydrogens is 308 g/mol. The Morgan fingerprint density at radius 3 is 2.76 bits per heavy atom. The highest BCUT2D eigenvalue weighted by Crippen LogP contribution is 2.38. The zero-order valence-corrected chi connectivity index (χ0v) is 11.8. The average molecular weight is 322 g/mol. The van der Waals surface area contributed by atoms with Gasteiger partial charge >= 0.3 is 0 Å². The molecule has 0 spiro atoms. The first-order chi connectivity index (χ1) is 10.0. The summed E-state index contributed by atoms with van der Waals surface area (Å²) in [5.74, 6) is -0.0108. The van der Waals surface area contributed by atoms with Crippen molar-refractivity contribution in [2.24, 2.45) is 0 Å². The van der Waals surface area contributed by atoms with Crippen LogP contribution in [-0.2, 0) is 0 Å². The molecule has 0 radical (unpaired) electrons. The molecule has 8 heteroatoms. The summed E-state index contributed by atoms with van der Waals surface area (Å²) in [5, 5.41) is 9.06. The summed E-state index contributed by atoms with van der Waals surface area (Å²) in [6, 6.07) is 2.74. The van der Waals surface area contributed by atoms with Gasteiger partial charge in [0.15, 0.2) is 11.5 Å². The Balaban J connectivity index is 2.27. The van der Waals surface area contributed by atoms with E-state index in [1.54, 1.807) is 0 Å². The molecule has 1 heterocycles. The van der Waals surface area contributed by atoms with Crippen LogP contribution in [0.15, 0.2) is 12.1 Å². The minimum atomic E-state index is -2.69. The van der Waals surface area contributed by atoms with Crippen LogP contribution in [0.1, 0.15) is 10.4 Å². The third-order valence-corrected chi connectivity index (χ3v) is 3.14. The first-order valence-electron chi connectivity index (χ1n) is 6.30. The molecule has 21 heavy (non-hydrogen) atoms. The number of benzene rings is 1. The van der Waals surface area contributed by atoms with Gasteiger partial charge in [0.2, 0.25) is 0 Å². The van der Waals surface area contributed by atoms with Crippen LogP contribution < -0.4 is 9.47 Å². The molecule has 1 aromatic rings. The predicted molar refractivity (Wildman–Crippen MR) is 71.4 cm³/mol. The maximum absolute atomic E-state index is 12.5. The minimum absolute atomic E-state index is 0.110. The van der Waals surface area contributed by atoms with Crippen molar-refractivity contribution in [1.29, 1.82) is 0 Å². The minimum Gasteiger partial charge on any atom is -0.486 e. The zero-order valence-electron chi connectivity index (χ0n) is 11.0. The number of aliphatic hydroxyl groups is 1. The van der Waals surface area contributed by atoms with E-state index in [1.165, 1.54) is 12.1 Å². The lowest BCUT2D eigenvalue weighted by Crippen LogP contribution is -2.37. The van der Waals surface area contributed by atoms with Gasteiger partial charge in [0.05, 0.1) is 18.2 Å². The number of carbonyl (C=O) groups is 1. The van der Waals surface area contributed by atoms with Crippen molar-refractivity contribution < 1.29 is 28.2 Å². The molecule has 0 unspecified atom stereocenters. The Morgan fingerprint density at radius 2 is 2.10 bits per heavy atom. The largest absolute Gasteiger partial charge is 0.486 e. The molecule has 1 aliphatic heterocycles. The Labute approximate surface area is 125 Å². The Kier molecular flexibility index (Phi) is 5.19. The van der Waals surface area contributed by atoms with Crippen molar-refractivity contribution in [2.45, 2.75) is 6.43 Å². The summed E-state index contributed by atoms with van der Waals surface area (Å²) in [4.78, 5) is 13.1. The Bertz CT molecular complexity index is 527. The van der Waals surface area contributed by atoms with Gasteiger partial charge in [0.25, 0.3) is 12.3 Å². The van der Waals surface area contributed by atoms with Gasteiger partial charge in [-0.05, 0) is 12.1 Å². The maximum Gasteiger partial charge on any atom is 0.255 e. The van der Waals surface area contributed by atoms with Gasteiger partial charge in [0.1, 0.15) is 13.2 Å². The Morgan fingerprint density at radius 1 is 1.38 bits per heavy atom. The SMILES string of the molecule is O=C(c1cc(Cl)c2c(c1)OCCO2)N(CCO)CC(F)F. The highest BCUT2D eigenvalue weighted by atomic mass is 35.5. The second-order valence-corrected chi connectivity index (χ2v) is 4.76. The van der Waals surface area contributed by atoms with E-state index < -0.39 is 25.5 Å². The monoisotopic (exact) mass is 321 g/mol. The fraction of sp³-hybridized carbons (Fsp3) is 0.462. The normalized spacial score (nSPS) is 13.4. The van der Waals surface area contributed by atoms with Gasteiger partial charge in [-0.3, -0.25) is 4.79 Å². The zero-order chi connectivity index (χ0) is 15.4. The number of aliphatic hydroxyl groups excluding tert-OH is 1. The molecule has 0 atom stereocenters. The van der Waals surface area contributed by atoms with Crippen LogP contribution in [0.4, 0.5) is 8.78 Å². The molecular formula is C13H14ClF2NO4. The number of nitrogens with zero attached hydrogens (tertiary/aromatic N) is 1. The molecule has 0 bridgehead atoms. The van der Waals surface area contributed by atoms with Gasteiger partial charge in [-0.25, -0.2) is 8.78 Å². The fourth-order valence-corrected chi connectivity index (χ4v) is 2.25. The van der Waals surface area contributed by atoms with Crippen molar-refractivity contribution in [2.75, 3.05) is 32.9 Å². The third kappa shape index (κ3) is 3.74. The van der Waals surface area contributed by atoms with Crippen molar-refractivity contribution in [3.63, 3.8) is 0 Å². The Hall–Kier alpha value is -1.60. The molecule has 1 aliphatic rings. The molecule has 1 amide bonds. The lowest BCUT2D eigenvalue weighted by molar-refractivity contribution is 0.0508. The molecule has 116 valence electrons. The first kappa shape index (κ1) is 15.8. The van der Waals surface area contributed by atoms with E-state index in [0.717, 1.165) is 4.90 Å². The van der Waals surface area contributed by atoms with Gasteiger partial charge in [-0.1, -0.05) is 11.6 Å². The predicted octanol–water partition coefficient (Wildman–Crippen LogP) is 1.81. The molecule has 1 aromatic carbocycles. The number of fused-ring (bicyclic) bond motifs is 1. The number of amides is 1. The standard InChI is InChI=1S/C13H14ClF2NO4/c14-9-5-8(6-10-12(9)21-4-3-20-10)13(19)17(1-2-18)7-11(15)16/h5-6,11,18H,1-4,7H2. The fourth-order valence-electron chi connectivity index (χ4n) is 1.98. The number of hydrogen-bond acceptors (Lipinski definition) is 4. The molecule has 0 saturated carbocycles. The summed E-state index contributed by atoms with van der Waals surface area (Å²) in [6.07, 6.45) is -2.69. The smallest absolute Gasteiger partial charge is 0.255 e. The van der Waals surface area contributed by atoms with Gasteiger partial charge < -0.3 is 19.5 Å². The summed E-state index contributed by atoms with van der Waals surface area (Å²) in [6.45, 7) is -0.683. The van der Waals surface area contributed by atoms with Crippen molar-refractivity contribution in [1.82, 2.24) is 4.90 Å². The third-order valence-electron chi connectivity index (χ3n) is 2.86. The highest BCUT2D eigenvalue weighted by Gasteiger charge is 2.23. The molecule has 0 saturated heterocycles. The van der Waals surface area contributed by atoms with Gasteiger partial charge in [-0.15, -0.1) is 0 Å². The van der Waals surface area contributed by atoms with Crippen LogP contribution >= 0.6 is 11.6 Å². The van der Waals surface area contributed by atoms with Crippen LogP contribution in [0, 0.1) is 0 Å². The van der Waals surface area contributed by atoms with Crippen molar-refractivity contribution in [3.8, 4) is 11.5 Å². The number of halogens is 3. The maximum atomic E-state index is 12.5. The van der Waals surface area contributed by atoms with E-state index in [9.17, 15) is 13.6 Å². The van der Waals surface area contributed by atoms with Gasteiger partial charge in [-0.2, -0.15) is 0 Å². The van der Waals surface area contributed by atoms with Crippen LogP contribution in [0.5, 0.6) is 11.5 Å². The summed E-state index contributed by atoms with van der Waals surface area (Å²) in [7, 11) is 0. The molecule has 1 N–H and O–H groups in total. The van der Waals surface area contributed by atoms with Crippen molar-refractivity contribution in [3.05, 3.63) is 22.7 Å². The second kappa shape index (κ2) is 6.91. The quantitative estimate of drug-likeness (QED) is 0.898. The van der Waals surface area contributed by atoms with E-state index in [-0.39, 0.29) is 17.1 Å².